The monoisotopic (exact) mass is 320 g/mol. The van der Waals surface area contributed by atoms with Crippen molar-refractivity contribution in [1.29, 1.82) is 0 Å². The number of carbonyl (C=O) groups excluding carboxylic acids is 3. The molecular weight excluding hydrogens is 318 g/mol. The van der Waals surface area contributed by atoms with Gasteiger partial charge in [0.05, 0.1) is 0 Å². The van der Waals surface area contributed by atoms with Gasteiger partial charge in [0.25, 0.3) is 15.7 Å². The van der Waals surface area contributed by atoms with Crippen LogP contribution in [-0.4, -0.2) is 15.7 Å². The minimum Gasteiger partial charge on any atom is -1.00 e. The van der Waals surface area contributed by atoms with Gasteiger partial charge in [-0.15, -0.1) is 12.6 Å². The quantitative estimate of drug-likeness (QED) is 0.493. The summed E-state index contributed by atoms with van der Waals surface area (Å²) in [5.41, 5.74) is -0.242. The SMILES string of the molecule is O=C(Cl)c1cc(C(=O)Cl)c(S)c(C(=O)Cl)c1.[H-].[Na+]. The third kappa shape index (κ3) is 4.24. The number of thiol groups is 1. The van der Waals surface area contributed by atoms with Crippen LogP contribution in [0.3, 0.4) is 0 Å². The Kier molecular flexibility index (Phi) is 7.33. The van der Waals surface area contributed by atoms with Crippen molar-refractivity contribution in [3.8, 4) is 0 Å². The Morgan fingerprint density at radius 1 is 0.941 bits per heavy atom. The second-order valence-electron chi connectivity index (χ2n) is 2.74. The van der Waals surface area contributed by atoms with E-state index in [1.54, 1.807) is 0 Å². The van der Waals surface area contributed by atoms with Crippen molar-refractivity contribution in [2.45, 2.75) is 4.90 Å². The Labute approximate surface area is 141 Å². The molecule has 0 bridgehead atoms. The number of hydrogen-bond acceptors (Lipinski definition) is 4. The molecule has 0 aliphatic rings. The molecule has 0 unspecified atom stereocenters. The first-order chi connectivity index (χ1) is 7.34. The van der Waals surface area contributed by atoms with Crippen LogP contribution in [0, 0.1) is 0 Å². The summed E-state index contributed by atoms with van der Waals surface area (Å²) in [5, 5.41) is -2.54. The van der Waals surface area contributed by atoms with Crippen molar-refractivity contribution >= 4 is 63.2 Å². The molecule has 1 rings (SSSR count). The average Bonchev–Trinajstić information content (AvgIpc) is 2.16. The molecule has 17 heavy (non-hydrogen) atoms. The van der Waals surface area contributed by atoms with Crippen LogP contribution in [0.5, 0.6) is 0 Å². The minimum atomic E-state index is -0.857. The maximum absolute atomic E-state index is 11.0. The number of halogens is 3. The summed E-state index contributed by atoms with van der Waals surface area (Å²) >= 11 is 19.7. The molecule has 0 spiro atoms. The van der Waals surface area contributed by atoms with Gasteiger partial charge in [-0.05, 0) is 46.9 Å². The van der Waals surface area contributed by atoms with Crippen LogP contribution in [0.2, 0.25) is 0 Å². The molecule has 3 nitrogen and oxygen atoms in total. The molecule has 0 saturated carbocycles. The maximum Gasteiger partial charge on any atom is 1.00 e. The third-order valence-corrected chi connectivity index (χ3v) is 2.87. The molecule has 1 aromatic rings. The molecule has 0 atom stereocenters. The van der Waals surface area contributed by atoms with Crippen molar-refractivity contribution < 1.29 is 45.4 Å². The van der Waals surface area contributed by atoms with Crippen LogP contribution >= 0.6 is 47.4 Å². The van der Waals surface area contributed by atoms with Gasteiger partial charge in [0, 0.05) is 21.6 Å². The molecular formula is C9H4Cl3NaO3S. The zero-order valence-corrected chi connectivity index (χ0v) is 13.6. The Morgan fingerprint density at radius 3 is 1.53 bits per heavy atom. The van der Waals surface area contributed by atoms with E-state index in [2.05, 4.69) is 12.6 Å². The Bertz CT molecular complexity index is 475. The minimum absolute atomic E-state index is 0. The molecule has 0 heterocycles. The number of benzene rings is 1. The number of carbonyl (C=O) groups is 3. The van der Waals surface area contributed by atoms with Crippen LogP contribution in [0.4, 0.5) is 0 Å². The van der Waals surface area contributed by atoms with Gasteiger partial charge in [0.15, 0.2) is 0 Å². The summed E-state index contributed by atoms with van der Waals surface area (Å²) in [5.74, 6) is 0. The molecule has 0 amide bonds. The maximum atomic E-state index is 11.0. The first-order valence-corrected chi connectivity index (χ1v) is 5.39. The molecule has 0 radical (unpaired) electrons. The van der Waals surface area contributed by atoms with E-state index in [9.17, 15) is 14.4 Å². The largest absolute Gasteiger partial charge is 1.00 e. The van der Waals surface area contributed by atoms with Crippen LogP contribution in [0.15, 0.2) is 17.0 Å². The summed E-state index contributed by atoms with van der Waals surface area (Å²) < 4.78 is 0. The van der Waals surface area contributed by atoms with Crippen molar-refractivity contribution in [1.82, 2.24) is 0 Å². The number of rotatable bonds is 3. The topological polar surface area (TPSA) is 51.2 Å². The van der Waals surface area contributed by atoms with E-state index >= 15 is 0 Å². The van der Waals surface area contributed by atoms with Crippen LogP contribution in [-0.2, 0) is 0 Å². The van der Waals surface area contributed by atoms with E-state index in [1.165, 1.54) is 0 Å². The summed E-state index contributed by atoms with van der Waals surface area (Å²) in [6, 6.07) is 2.30. The van der Waals surface area contributed by atoms with Crippen molar-refractivity contribution in [3.05, 3.63) is 28.8 Å². The fraction of sp³-hybridized carbons (Fsp3) is 0. The fourth-order valence-electron chi connectivity index (χ4n) is 1.05. The van der Waals surface area contributed by atoms with Crippen LogP contribution in [0.1, 0.15) is 32.5 Å². The van der Waals surface area contributed by atoms with Gasteiger partial charge in [0.2, 0.25) is 0 Å². The molecule has 86 valence electrons. The van der Waals surface area contributed by atoms with Gasteiger partial charge < -0.3 is 1.43 Å². The van der Waals surface area contributed by atoms with E-state index in [4.69, 9.17) is 34.8 Å². The van der Waals surface area contributed by atoms with Gasteiger partial charge in [-0.1, -0.05) is 0 Å². The second-order valence-corrected chi connectivity index (χ2v) is 4.22. The molecule has 0 aliphatic carbocycles. The molecule has 8 heteroatoms. The molecule has 1 aromatic carbocycles. The van der Waals surface area contributed by atoms with E-state index in [-0.39, 0.29) is 52.6 Å². The third-order valence-electron chi connectivity index (χ3n) is 1.76. The van der Waals surface area contributed by atoms with E-state index in [0.717, 1.165) is 12.1 Å². The van der Waals surface area contributed by atoms with Crippen molar-refractivity contribution in [2.24, 2.45) is 0 Å². The van der Waals surface area contributed by atoms with Gasteiger partial charge in [0.1, 0.15) is 0 Å². The van der Waals surface area contributed by atoms with Crippen molar-refractivity contribution in [3.63, 3.8) is 0 Å². The van der Waals surface area contributed by atoms with E-state index < -0.39 is 15.7 Å². The Morgan fingerprint density at radius 2 is 1.29 bits per heavy atom. The van der Waals surface area contributed by atoms with E-state index in [0.29, 0.717) is 0 Å². The van der Waals surface area contributed by atoms with Gasteiger partial charge in [-0.25, -0.2) is 0 Å². The Balaban J connectivity index is 0. The molecule has 0 saturated heterocycles. The summed E-state index contributed by atoms with van der Waals surface area (Å²) in [4.78, 5) is 33.0. The number of hydrogen-bond donors (Lipinski definition) is 1. The Hall–Kier alpha value is 0.450. The standard InChI is InChI=1S/C9H3Cl3O3S.Na.H/c10-7(13)3-1-4(8(11)14)6(16)5(2-3)9(12)15;;/h1-2,16H;;/q;+1;-1. The first kappa shape index (κ1) is 17.4. The van der Waals surface area contributed by atoms with Crippen molar-refractivity contribution in [2.75, 3.05) is 0 Å². The fourth-order valence-corrected chi connectivity index (χ4v) is 1.92. The second kappa shape index (κ2) is 7.14. The molecule has 0 aromatic heterocycles. The zero-order valence-electron chi connectivity index (χ0n) is 9.46. The van der Waals surface area contributed by atoms with Gasteiger partial charge >= 0.3 is 29.6 Å². The predicted molar refractivity (Wildman–Crippen MR) is 65.4 cm³/mol. The smallest absolute Gasteiger partial charge is 1.00 e. The van der Waals surface area contributed by atoms with Crippen LogP contribution < -0.4 is 29.6 Å². The average molecular weight is 322 g/mol. The summed E-state index contributed by atoms with van der Waals surface area (Å²) in [7, 11) is 0. The van der Waals surface area contributed by atoms with E-state index in [1.807, 2.05) is 0 Å². The molecule has 0 fully saturated rings. The molecule has 0 N–H and O–H groups in total. The van der Waals surface area contributed by atoms with Gasteiger partial charge in [-0.3, -0.25) is 14.4 Å². The summed E-state index contributed by atoms with van der Waals surface area (Å²) in [6.07, 6.45) is 0. The van der Waals surface area contributed by atoms with Crippen LogP contribution in [0.25, 0.3) is 0 Å². The normalized spacial score (nSPS) is 9.41. The summed E-state index contributed by atoms with van der Waals surface area (Å²) in [6.45, 7) is 0. The first-order valence-electron chi connectivity index (χ1n) is 3.81. The van der Waals surface area contributed by atoms with Gasteiger partial charge in [-0.2, -0.15) is 0 Å². The molecule has 0 aliphatic heterocycles. The predicted octanol–water partition coefficient (Wildman–Crippen LogP) is 0.229. The zero-order chi connectivity index (χ0) is 12.5.